The molecule has 3 aromatic rings. The summed E-state index contributed by atoms with van der Waals surface area (Å²) in [5.41, 5.74) is 2.16. The summed E-state index contributed by atoms with van der Waals surface area (Å²) < 4.78 is 2.06. The molecule has 0 saturated heterocycles. The van der Waals surface area contributed by atoms with E-state index in [4.69, 9.17) is 0 Å². The molecule has 2 aromatic carbocycles. The molecule has 0 saturated carbocycles. The van der Waals surface area contributed by atoms with Gasteiger partial charge in [0.1, 0.15) is 0 Å². The minimum atomic E-state index is -0.401. The number of thioether (sulfide) groups is 1. The third-order valence-corrected chi connectivity index (χ3v) is 5.59. The molecule has 0 spiro atoms. The van der Waals surface area contributed by atoms with Crippen LogP contribution in [0.1, 0.15) is 18.5 Å². The summed E-state index contributed by atoms with van der Waals surface area (Å²) in [5, 5.41) is 20.3. The zero-order valence-corrected chi connectivity index (χ0v) is 15.0. The van der Waals surface area contributed by atoms with Crippen LogP contribution in [-0.2, 0) is 6.67 Å². The van der Waals surface area contributed by atoms with Crippen LogP contribution in [0.15, 0.2) is 59.8 Å². The second kappa shape index (κ2) is 6.89. The summed E-state index contributed by atoms with van der Waals surface area (Å²) in [6.07, 6.45) is 0. The Hall–Kier alpha value is -2.71. The Bertz CT molecular complexity index is 927. The number of hydrogen-bond donors (Lipinski definition) is 0. The van der Waals surface area contributed by atoms with Crippen molar-refractivity contribution >= 4 is 17.4 Å². The monoisotopic (exact) mass is 367 g/mol. The largest absolute Gasteiger partial charge is 0.288 e. The van der Waals surface area contributed by atoms with Crippen LogP contribution >= 0.6 is 11.8 Å². The van der Waals surface area contributed by atoms with Gasteiger partial charge in [0.25, 0.3) is 5.69 Å². The third kappa shape index (κ3) is 3.09. The van der Waals surface area contributed by atoms with Crippen LogP contribution in [0.2, 0.25) is 0 Å². The number of aromatic nitrogens is 3. The van der Waals surface area contributed by atoms with Crippen molar-refractivity contribution < 1.29 is 4.92 Å². The van der Waals surface area contributed by atoms with Crippen molar-refractivity contribution in [1.82, 2.24) is 19.7 Å². The predicted octanol–water partition coefficient (Wildman–Crippen LogP) is 3.94. The van der Waals surface area contributed by atoms with E-state index in [1.807, 2.05) is 6.07 Å². The van der Waals surface area contributed by atoms with E-state index >= 15 is 0 Å². The van der Waals surface area contributed by atoms with E-state index < -0.39 is 4.92 Å². The molecule has 1 unspecified atom stereocenters. The molecule has 0 aliphatic carbocycles. The van der Waals surface area contributed by atoms with E-state index in [-0.39, 0.29) is 11.7 Å². The van der Waals surface area contributed by atoms with E-state index in [0.29, 0.717) is 6.67 Å². The molecule has 0 fully saturated rings. The highest BCUT2D eigenvalue weighted by Crippen LogP contribution is 2.33. The Morgan fingerprint density at radius 3 is 2.54 bits per heavy atom. The lowest BCUT2D eigenvalue weighted by atomic mass is 10.1. The van der Waals surface area contributed by atoms with Crippen LogP contribution in [0, 0.1) is 10.1 Å². The minimum absolute atomic E-state index is 0.0702. The van der Waals surface area contributed by atoms with Crippen molar-refractivity contribution in [2.45, 2.75) is 24.8 Å². The van der Waals surface area contributed by atoms with Gasteiger partial charge in [0.15, 0.2) is 11.0 Å². The van der Waals surface area contributed by atoms with Crippen molar-refractivity contribution in [3.8, 4) is 11.4 Å². The van der Waals surface area contributed by atoms with Crippen LogP contribution in [0.5, 0.6) is 0 Å². The molecular formula is C18H17N5O2S. The van der Waals surface area contributed by atoms with Gasteiger partial charge in [-0.2, -0.15) is 0 Å². The van der Waals surface area contributed by atoms with Gasteiger partial charge in [0.05, 0.1) is 17.5 Å². The average molecular weight is 367 g/mol. The Balaban J connectivity index is 1.61. The van der Waals surface area contributed by atoms with Crippen LogP contribution in [0.25, 0.3) is 11.4 Å². The maximum absolute atomic E-state index is 10.8. The first kappa shape index (κ1) is 16.7. The molecule has 1 aliphatic rings. The molecule has 0 amide bonds. The molecule has 0 N–H and O–H groups in total. The normalized spacial score (nSPS) is 15.4. The number of non-ortho nitro benzene ring substituents is 1. The fourth-order valence-corrected chi connectivity index (χ4v) is 3.99. The summed E-state index contributed by atoms with van der Waals surface area (Å²) in [6, 6.07) is 17.1. The number of benzene rings is 2. The fourth-order valence-electron chi connectivity index (χ4n) is 3.01. The van der Waals surface area contributed by atoms with Crippen LogP contribution in [-0.4, -0.2) is 30.5 Å². The SMILES string of the molecule is CC(c1ccccc1)N1CSc2nnc(-c3ccc([N+](=O)[O-])cc3)n2C1. The first-order valence-corrected chi connectivity index (χ1v) is 9.22. The molecule has 1 aromatic heterocycles. The van der Waals surface area contributed by atoms with Gasteiger partial charge in [0.2, 0.25) is 0 Å². The van der Waals surface area contributed by atoms with Gasteiger partial charge in [-0.15, -0.1) is 10.2 Å². The van der Waals surface area contributed by atoms with E-state index in [9.17, 15) is 10.1 Å². The van der Waals surface area contributed by atoms with Gasteiger partial charge in [-0.05, 0) is 24.6 Å². The Morgan fingerprint density at radius 1 is 1.12 bits per heavy atom. The number of rotatable bonds is 4. The van der Waals surface area contributed by atoms with Crippen molar-refractivity contribution in [3.63, 3.8) is 0 Å². The summed E-state index contributed by atoms with van der Waals surface area (Å²) in [6.45, 7) is 2.87. The van der Waals surface area contributed by atoms with Crippen LogP contribution in [0.3, 0.4) is 0 Å². The van der Waals surface area contributed by atoms with Crippen LogP contribution < -0.4 is 0 Å². The topological polar surface area (TPSA) is 77.1 Å². The highest BCUT2D eigenvalue weighted by molar-refractivity contribution is 7.99. The molecule has 26 heavy (non-hydrogen) atoms. The van der Waals surface area contributed by atoms with E-state index in [2.05, 4.69) is 50.9 Å². The zero-order chi connectivity index (χ0) is 18.1. The average Bonchev–Trinajstić information content (AvgIpc) is 3.11. The fraction of sp³-hybridized carbons (Fsp3) is 0.222. The molecule has 132 valence electrons. The molecule has 4 rings (SSSR count). The first-order valence-electron chi connectivity index (χ1n) is 8.23. The third-order valence-electron chi connectivity index (χ3n) is 4.57. The number of nitrogens with zero attached hydrogens (tertiary/aromatic N) is 5. The van der Waals surface area contributed by atoms with Gasteiger partial charge in [-0.25, -0.2) is 0 Å². The minimum Gasteiger partial charge on any atom is -0.288 e. The second-order valence-electron chi connectivity index (χ2n) is 6.13. The van der Waals surface area contributed by atoms with Gasteiger partial charge in [-0.3, -0.25) is 19.6 Å². The quantitative estimate of drug-likeness (QED) is 0.513. The first-order chi connectivity index (χ1) is 12.6. The van der Waals surface area contributed by atoms with Crippen molar-refractivity contribution in [3.05, 3.63) is 70.3 Å². The number of nitro benzene ring substituents is 1. The number of hydrogen-bond acceptors (Lipinski definition) is 6. The molecule has 1 aliphatic heterocycles. The molecule has 0 bridgehead atoms. The lowest BCUT2D eigenvalue weighted by Crippen LogP contribution is -2.33. The second-order valence-corrected chi connectivity index (χ2v) is 7.04. The molecule has 7 nitrogen and oxygen atoms in total. The Labute approximate surface area is 154 Å². The Morgan fingerprint density at radius 2 is 1.85 bits per heavy atom. The smallest absolute Gasteiger partial charge is 0.269 e. The van der Waals surface area contributed by atoms with Crippen molar-refractivity contribution in [2.24, 2.45) is 0 Å². The predicted molar refractivity (Wildman–Crippen MR) is 99.5 cm³/mol. The number of nitro groups is 1. The van der Waals surface area contributed by atoms with Gasteiger partial charge in [0, 0.05) is 23.7 Å². The van der Waals surface area contributed by atoms with Crippen molar-refractivity contribution in [2.75, 3.05) is 5.88 Å². The maximum Gasteiger partial charge on any atom is 0.269 e. The lowest BCUT2D eigenvalue weighted by molar-refractivity contribution is -0.384. The van der Waals surface area contributed by atoms with E-state index in [1.165, 1.54) is 17.7 Å². The molecule has 2 heterocycles. The number of fused-ring (bicyclic) bond motifs is 1. The molecular weight excluding hydrogens is 350 g/mol. The lowest BCUT2D eigenvalue weighted by Gasteiger charge is -2.33. The maximum atomic E-state index is 10.8. The van der Waals surface area contributed by atoms with Gasteiger partial charge in [-0.1, -0.05) is 42.1 Å². The van der Waals surface area contributed by atoms with Gasteiger partial charge < -0.3 is 0 Å². The van der Waals surface area contributed by atoms with Gasteiger partial charge >= 0.3 is 0 Å². The molecule has 8 heteroatoms. The zero-order valence-electron chi connectivity index (χ0n) is 14.1. The summed E-state index contributed by atoms with van der Waals surface area (Å²) in [7, 11) is 0. The summed E-state index contributed by atoms with van der Waals surface area (Å²) >= 11 is 1.65. The standard InChI is InChI=1S/C18H17N5O2S/c1-13(14-5-3-2-4-6-14)21-11-22-17(19-20-18(22)26-12-21)15-7-9-16(10-8-15)23(24)25/h2-10,13H,11-12H2,1H3. The van der Waals surface area contributed by atoms with Crippen molar-refractivity contribution in [1.29, 1.82) is 0 Å². The van der Waals surface area contributed by atoms with E-state index in [0.717, 1.165) is 22.4 Å². The van der Waals surface area contributed by atoms with Crippen LogP contribution in [0.4, 0.5) is 5.69 Å². The summed E-state index contributed by atoms with van der Waals surface area (Å²) in [5.74, 6) is 1.57. The molecule has 1 atom stereocenters. The summed E-state index contributed by atoms with van der Waals surface area (Å²) in [4.78, 5) is 12.8. The molecule has 0 radical (unpaired) electrons. The highest BCUT2D eigenvalue weighted by atomic mass is 32.2. The van der Waals surface area contributed by atoms with E-state index in [1.54, 1.807) is 23.9 Å². The highest BCUT2D eigenvalue weighted by Gasteiger charge is 2.26. The Kier molecular flexibility index (Phi) is 4.44.